The van der Waals surface area contributed by atoms with Crippen LogP contribution in [0.25, 0.3) is 0 Å². The van der Waals surface area contributed by atoms with Crippen LogP contribution in [0.1, 0.15) is 15.9 Å². The first-order valence-corrected chi connectivity index (χ1v) is 6.99. The van der Waals surface area contributed by atoms with Crippen LogP contribution in [0, 0.1) is 0 Å². The molecule has 0 atom stereocenters. The second kappa shape index (κ2) is 8.72. The van der Waals surface area contributed by atoms with E-state index in [1.165, 1.54) is 0 Å². The molecule has 0 spiro atoms. The van der Waals surface area contributed by atoms with Gasteiger partial charge in [0.25, 0.3) is 5.91 Å². The second-order valence-corrected chi connectivity index (χ2v) is 4.65. The highest BCUT2D eigenvalue weighted by molar-refractivity contribution is 5.95. The van der Waals surface area contributed by atoms with E-state index in [1.807, 2.05) is 6.07 Å². The fourth-order valence-electron chi connectivity index (χ4n) is 2.21. The van der Waals surface area contributed by atoms with Crippen LogP contribution in [-0.2, 0) is 6.42 Å². The molecule has 0 aliphatic rings. The lowest BCUT2D eigenvalue weighted by Gasteiger charge is -2.21. The van der Waals surface area contributed by atoms with E-state index in [0.717, 1.165) is 5.56 Å². The molecule has 1 aromatic rings. The summed E-state index contributed by atoms with van der Waals surface area (Å²) in [5.41, 5.74) is 1.40. The van der Waals surface area contributed by atoms with Crippen molar-refractivity contribution in [1.82, 2.24) is 4.90 Å². The van der Waals surface area contributed by atoms with Gasteiger partial charge in [-0.05, 0) is 18.6 Å². The predicted molar refractivity (Wildman–Crippen MR) is 89.7 cm³/mol. The molecule has 4 heteroatoms. The molecule has 0 aliphatic carbocycles. The molecule has 1 aromatic carbocycles. The lowest BCUT2D eigenvalue weighted by atomic mass is 10.0. The highest BCUT2D eigenvalue weighted by atomic mass is 16.5. The van der Waals surface area contributed by atoms with E-state index in [4.69, 9.17) is 9.47 Å². The van der Waals surface area contributed by atoms with Gasteiger partial charge in [-0.15, -0.1) is 19.7 Å². The van der Waals surface area contributed by atoms with Gasteiger partial charge in [-0.2, -0.15) is 0 Å². The largest absolute Gasteiger partial charge is 0.493 e. The summed E-state index contributed by atoms with van der Waals surface area (Å²) < 4.78 is 10.7. The average molecular weight is 301 g/mol. The lowest BCUT2D eigenvalue weighted by Crippen LogP contribution is -2.31. The van der Waals surface area contributed by atoms with Gasteiger partial charge >= 0.3 is 0 Å². The van der Waals surface area contributed by atoms with E-state index >= 15 is 0 Å². The predicted octanol–water partition coefficient (Wildman–Crippen LogP) is 3.25. The third kappa shape index (κ3) is 4.01. The molecule has 0 fully saturated rings. The van der Waals surface area contributed by atoms with Crippen molar-refractivity contribution in [2.45, 2.75) is 6.42 Å². The number of amides is 1. The summed E-state index contributed by atoms with van der Waals surface area (Å²) in [4.78, 5) is 14.3. The molecule has 0 radical (unpaired) electrons. The number of ether oxygens (including phenoxy) is 2. The molecular formula is C18H23NO3. The summed E-state index contributed by atoms with van der Waals surface area (Å²) >= 11 is 0. The zero-order valence-electron chi connectivity index (χ0n) is 13.3. The zero-order chi connectivity index (χ0) is 16.5. The van der Waals surface area contributed by atoms with Gasteiger partial charge in [-0.25, -0.2) is 0 Å². The molecule has 1 amide bonds. The van der Waals surface area contributed by atoms with Gasteiger partial charge in [-0.1, -0.05) is 18.2 Å². The molecule has 0 N–H and O–H groups in total. The van der Waals surface area contributed by atoms with Crippen LogP contribution in [-0.4, -0.2) is 38.1 Å². The smallest absolute Gasteiger partial charge is 0.254 e. The van der Waals surface area contributed by atoms with Crippen LogP contribution in [0.15, 0.2) is 50.1 Å². The molecule has 0 saturated carbocycles. The van der Waals surface area contributed by atoms with Gasteiger partial charge in [0.15, 0.2) is 11.5 Å². The minimum Gasteiger partial charge on any atom is -0.493 e. The summed E-state index contributed by atoms with van der Waals surface area (Å²) in [6, 6.07) is 3.50. The van der Waals surface area contributed by atoms with Gasteiger partial charge < -0.3 is 14.4 Å². The first-order valence-electron chi connectivity index (χ1n) is 6.99. The molecule has 0 heterocycles. The van der Waals surface area contributed by atoms with Crippen molar-refractivity contribution in [3.8, 4) is 11.5 Å². The van der Waals surface area contributed by atoms with Gasteiger partial charge in [-0.3, -0.25) is 4.79 Å². The van der Waals surface area contributed by atoms with E-state index in [2.05, 4.69) is 19.7 Å². The number of carbonyl (C=O) groups excluding carboxylic acids is 1. The maximum Gasteiger partial charge on any atom is 0.254 e. The Morgan fingerprint density at radius 3 is 2.18 bits per heavy atom. The Hall–Kier alpha value is -2.49. The molecule has 22 heavy (non-hydrogen) atoms. The van der Waals surface area contributed by atoms with E-state index in [-0.39, 0.29) is 5.91 Å². The van der Waals surface area contributed by atoms with E-state index < -0.39 is 0 Å². The molecule has 0 aliphatic heterocycles. The number of rotatable bonds is 9. The number of methoxy groups -OCH3 is 2. The Kier molecular flexibility index (Phi) is 6.96. The fourth-order valence-corrected chi connectivity index (χ4v) is 2.21. The maximum atomic E-state index is 12.7. The zero-order valence-corrected chi connectivity index (χ0v) is 13.3. The third-order valence-electron chi connectivity index (χ3n) is 3.15. The van der Waals surface area contributed by atoms with Crippen LogP contribution >= 0.6 is 0 Å². The summed E-state index contributed by atoms with van der Waals surface area (Å²) in [6.07, 6.45) is 5.72. The number of benzene rings is 1. The summed E-state index contributed by atoms with van der Waals surface area (Å²) in [6.45, 7) is 12.0. The number of hydrogen-bond acceptors (Lipinski definition) is 3. The monoisotopic (exact) mass is 301 g/mol. The first kappa shape index (κ1) is 17.6. The Morgan fingerprint density at radius 2 is 1.73 bits per heavy atom. The van der Waals surface area contributed by atoms with Crippen LogP contribution in [0.5, 0.6) is 11.5 Å². The van der Waals surface area contributed by atoms with Crippen molar-refractivity contribution < 1.29 is 14.3 Å². The van der Waals surface area contributed by atoms with Crippen molar-refractivity contribution in [3.63, 3.8) is 0 Å². The normalized spacial score (nSPS) is 9.73. The number of nitrogens with zero attached hydrogens (tertiary/aromatic N) is 1. The Morgan fingerprint density at radius 1 is 1.09 bits per heavy atom. The molecule has 4 nitrogen and oxygen atoms in total. The van der Waals surface area contributed by atoms with Crippen LogP contribution in [0.4, 0.5) is 0 Å². The second-order valence-electron chi connectivity index (χ2n) is 4.65. The Balaban J connectivity index is 3.30. The van der Waals surface area contributed by atoms with Crippen molar-refractivity contribution >= 4 is 5.91 Å². The fraction of sp³-hybridized carbons (Fsp3) is 0.278. The summed E-state index contributed by atoms with van der Waals surface area (Å²) in [5, 5.41) is 0. The van der Waals surface area contributed by atoms with Crippen molar-refractivity contribution in [3.05, 3.63) is 61.2 Å². The topological polar surface area (TPSA) is 38.8 Å². The summed E-state index contributed by atoms with van der Waals surface area (Å²) in [7, 11) is 3.13. The third-order valence-corrected chi connectivity index (χ3v) is 3.15. The van der Waals surface area contributed by atoms with Gasteiger partial charge in [0.05, 0.1) is 14.2 Å². The average Bonchev–Trinajstić information content (AvgIpc) is 2.53. The molecule has 1 rings (SSSR count). The Labute approximate surface area is 132 Å². The quantitative estimate of drug-likeness (QED) is 0.657. The highest BCUT2D eigenvalue weighted by Crippen LogP contribution is 2.33. The molecular weight excluding hydrogens is 278 g/mol. The Bertz CT molecular complexity index is 554. The van der Waals surface area contributed by atoms with Gasteiger partial charge in [0.1, 0.15) is 0 Å². The molecule has 0 saturated heterocycles. The number of hydrogen-bond donors (Lipinski definition) is 0. The summed E-state index contributed by atoms with van der Waals surface area (Å²) in [5.74, 6) is 1.05. The lowest BCUT2D eigenvalue weighted by molar-refractivity contribution is 0.0790. The highest BCUT2D eigenvalue weighted by Gasteiger charge is 2.19. The number of allylic oxidation sites excluding steroid dienone is 1. The molecule has 0 bridgehead atoms. The van der Waals surface area contributed by atoms with E-state index in [1.54, 1.807) is 43.4 Å². The van der Waals surface area contributed by atoms with E-state index in [0.29, 0.717) is 36.6 Å². The minimum atomic E-state index is -0.105. The van der Waals surface area contributed by atoms with Crippen molar-refractivity contribution in [2.24, 2.45) is 0 Å². The van der Waals surface area contributed by atoms with Crippen LogP contribution in [0.3, 0.4) is 0 Å². The van der Waals surface area contributed by atoms with Gasteiger partial charge in [0, 0.05) is 24.2 Å². The van der Waals surface area contributed by atoms with Crippen LogP contribution in [0.2, 0.25) is 0 Å². The number of carbonyl (C=O) groups is 1. The standard InChI is InChI=1S/C18H23NO3/c1-6-9-14-12-15(13-16(21-4)17(14)22-5)18(20)19(10-7-2)11-8-3/h6-8,12-13H,1-3,9-11H2,4-5H3. The van der Waals surface area contributed by atoms with Crippen molar-refractivity contribution in [1.29, 1.82) is 0 Å². The van der Waals surface area contributed by atoms with E-state index in [9.17, 15) is 4.79 Å². The SMILES string of the molecule is C=CCc1cc(C(=O)N(CC=C)CC=C)cc(OC)c1OC. The molecule has 118 valence electrons. The first-order chi connectivity index (χ1) is 10.6. The minimum absolute atomic E-state index is 0.105. The van der Waals surface area contributed by atoms with Crippen LogP contribution < -0.4 is 9.47 Å². The molecule has 0 aromatic heterocycles. The molecule has 0 unspecified atom stereocenters. The maximum absolute atomic E-state index is 12.7. The van der Waals surface area contributed by atoms with Crippen molar-refractivity contribution in [2.75, 3.05) is 27.3 Å². The van der Waals surface area contributed by atoms with Gasteiger partial charge in [0.2, 0.25) is 0 Å².